The van der Waals surface area contributed by atoms with Crippen molar-refractivity contribution in [3.63, 3.8) is 0 Å². The van der Waals surface area contributed by atoms with Gasteiger partial charge in [-0.15, -0.1) is 11.6 Å². The van der Waals surface area contributed by atoms with E-state index in [4.69, 9.17) is 21.1 Å². The normalized spacial score (nSPS) is 11.4. The molecular formula is C15H23ClO2. The van der Waals surface area contributed by atoms with Crippen molar-refractivity contribution in [3.8, 4) is 11.5 Å². The van der Waals surface area contributed by atoms with Gasteiger partial charge in [-0.2, -0.15) is 0 Å². The van der Waals surface area contributed by atoms with Crippen LogP contribution in [-0.4, -0.2) is 19.6 Å². The molecule has 1 rings (SSSR count). The summed E-state index contributed by atoms with van der Waals surface area (Å²) in [4.78, 5) is 0. The Kier molecular flexibility index (Phi) is 5.80. The van der Waals surface area contributed by atoms with Gasteiger partial charge in [0, 0.05) is 11.4 Å². The lowest BCUT2D eigenvalue weighted by Gasteiger charge is -2.23. The molecule has 0 aromatic heterocycles. The molecule has 0 N–H and O–H groups in total. The van der Waals surface area contributed by atoms with Crippen molar-refractivity contribution in [2.75, 3.05) is 19.6 Å². The molecule has 0 atom stereocenters. The van der Waals surface area contributed by atoms with Crippen LogP contribution in [0.1, 0.15) is 39.2 Å². The van der Waals surface area contributed by atoms with Crippen LogP contribution in [0.2, 0.25) is 0 Å². The first-order valence-corrected chi connectivity index (χ1v) is 6.89. The minimum absolute atomic E-state index is 0.0381. The van der Waals surface area contributed by atoms with E-state index in [1.54, 1.807) is 7.11 Å². The topological polar surface area (TPSA) is 18.5 Å². The zero-order valence-corrected chi connectivity index (χ0v) is 12.5. The molecule has 0 aliphatic carbocycles. The van der Waals surface area contributed by atoms with Gasteiger partial charge in [0.2, 0.25) is 0 Å². The van der Waals surface area contributed by atoms with E-state index in [1.807, 2.05) is 12.1 Å². The van der Waals surface area contributed by atoms with Gasteiger partial charge in [-0.25, -0.2) is 0 Å². The highest BCUT2D eigenvalue weighted by Gasteiger charge is 2.19. The fourth-order valence-corrected chi connectivity index (χ4v) is 1.92. The van der Waals surface area contributed by atoms with Crippen LogP contribution in [0.5, 0.6) is 11.5 Å². The summed E-state index contributed by atoms with van der Waals surface area (Å²) < 4.78 is 11.1. The van der Waals surface area contributed by atoms with Gasteiger partial charge in [0.05, 0.1) is 13.7 Å². The third-order valence-electron chi connectivity index (χ3n) is 2.78. The monoisotopic (exact) mass is 270 g/mol. The van der Waals surface area contributed by atoms with Gasteiger partial charge in [-0.1, -0.05) is 20.8 Å². The van der Waals surface area contributed by atoms with E-state index in [0.717, 1.165) is 24.3 Å². The number of benzene rings is 1. The van der Waals surface area contributed by atoms with E-state index in [2.05, 4.69) is 26.8 Å². The fraction of sp³-hybridized carbons (Fsp3) is 0.600. The third-order valence-corrected chi connectivity index (χ3v) is 3.05. The quantitative estimate of drug-likeness (QED) is 0.564. The molecule has 2 nitrogen and oxygen atoms in total. The molecule has 0 saturated carbocycles. The molecule has 0 unspecified atom stereocenters. The van der Waals surface area contributed by atoms with Gasteiger partial charge in [-0.3, -0.25) is 0 Å². The standard InChI is InChI=1S/C15H23ClO2/c1-15(2,3)13-11-12(17-4)7-8-14(13)18-10-6-5-9-16/h7-8,11H,5-6,9-10H2,1-4H3. The SMILES string of the molecule is COc1ccc(OCCCCCl)c(C(C)(C)C)c1. The Bertz CT molecular complexity index is 369. The van der Waals surface area contributed by atoms with Crippen molar-refractivity contribution in [1.82, 2.24) is 0 Å². The molecule has 0 radical (unpaired) electrons. The predicted molar refractivity (Wildman–Crippen MR) is 77.1 cm³/mol. The first-order valence-electron chi connectivity index (χ1n) is 6.36. The number of methoxy groups -OCH3 is 1. The largest absolute Gasteiger partial charge is 0.497 e. The van der Waals surface area contributed by atoms with Crippen molar-refractivity contribution in [2.24, 2.45) is 0 Å². The molecule has 18 heavy (non-hydrogen) atoms. The number of alkyl halides is 1. The van der Waals surface area contributed by atoms with Gasteiger partial charge in [0.25, 0.3) is 0 Å². The average molecular weight is 271 g/mol. The van der Waals surface area contributed by atoms with Crippen molar-refractivity contribution < 1.29 is 9.47 Å². The number of ether oxygens (including phenoxy) is 2. The maximum atomic E-state index is 5.85. The van der Waals surface area contributed by atoms with Crippen LogP contribution >= 0.6 is 11.6 Å². The van der Waals surface area contributed by atoms with E-state index in [-0.39, 0.29) is 5.41 Å². The molecule has 0 amide bonds. The molecule has 0 aliphatic rings. The summed E-state index contributed by atoms with van der Waals surface area (Å²) in [5.41, 5.74) is 1.21. The highest BCUT2D eigenvalue weighted by molar-refractivity contribution is 6.17. The zero-order valence-electron chi connectivity index (χ0n) is 11.8. The lowest BCUT2D eigenvalue weighted by atomic mass is 9.86. The number of unbranched alkanes of at least 4 members (excludes halogenated alkanes) is 1. The van der Waals surface area contributed by atoms with E-state index in [9.17, 15) is 0 Å². The molecule has 0 saturated heterocycles. The average Bonchev–Trinajstić information content (AvgIpc) is 2.33. The Morgan fingerprint density at radius 2 is 1.89 bits per heavy atom. The lowest BCUT2D eigenvalue weighted by Crippen LogP contribution is -2.14. The summed E-state index contributed by atoms with van der Waals surface area (Å²) in [6.07, 6.45) is 1.97. The maximum absolute atomic E-state index is 5.85. The first-order chi connectivity index (χ1) is 8.49. The second-order valence-corrected chi connectivity index (χ2v) is 5.73. The molecule has 0 spiro atoms. The molecule has 0 bridgehead atoms. The number of hydrogen-bond donors (Lipinski definition) is 0. The van der Waals surface area contributed by atoms with Crippen LogP contribution in [0.4, 0.5) is 0 Å². The Balaban J connectivity index is 2.82. The molecule has 1 aromatic rings. The summed E-state index contributed by atoms with van der Waals surface area (Å²) in [6.45, 7) is 7.23. The number of halogens is 1. The maximum Gasteiger partial charge on any atom is 0.123 e. The van der Waals surface area contributed by atoms with Gasteiger partial charge >= 0.3 is 0 Å². The Hall–Kier alpha value is -0.890. The smallest absolute Gasteiger partial charge is 0.123 e. The Morgan fingerprint density at radius 1 is 1.17 bits per heavy atom. The second-order valence-electron chi connectivity index (χ2n) is 5.36. The summed E-state index contributed by atoms with van der Waals surface area (Å²) in [5.74, 6) is 2.50. The minimum atomic E-state index is 0.0381. The summed E-state index contributed by atoms with van der Waals surface area (Å²) in [5, 5.41) is 0. The molecule has 0 fully saturated rings. The van der Waals surface area contributed by atoms with Crippen LogP contribution in [0.3, 0.4) is 0 Å². The van der Waals surface area contributed by atoms with Gasteiger partial charge < -0.3 is 9.47 Å². The number of hydrogen-bond acceptors (Lipinski definition) is 2. The molecule has 1 aromatic carbocycles. The first kappa shape index (κ1) is 15.2. The van der Waals surface area contributed by atoms with E-state index >= 15 is 0 Å². The third kappa shape index (κ3) is 4.41. The van der Waals surface area contributed by atoms with Crippen molar-refractivity contribution in [2.45, 2.75) is 39.0 Å². The van der Waals surface area contributed by atoms with Crippen LogP contribution in [0.25, 0.3) is 0 Å². The van der Waals surface area contributed by atoms with Gasteiger partial charge in [0.15, 0.2) is 0 Å². The van der Waals surface area contributed by atoms with Crippen LogP contribution in [0, 0.1) is 0 Å². The van der Waals surface area contributed by atoms with Crippen LogP contribution in [-0.2, 0) is 5.41 Å². The lowest BCUT2D eigenvalue weighted by molar-refractivity contribution is 0.300. The van der Waals surface area contributed by atoms with E-state index in [1.165, 1.54) is 5.56 Å². The molecule has 0 heterocycles. The highest BCUT2D eigenvalue weighted by Crippen LogP contribution is 2.34. The molecule has 0 aliphatic heterocycles. The van der Waals surface area contributed by atoms with Gasteiger partial charge in [-0.05, 0) is 36.5 Å². The minimum Gasteiger partial charge on any atom is -0.497 e. The summed E-state index contributed by atoms with van der Waals surface area (Å²) in [7, 11) is 1.68. The van der Waals surface area contributed by atoms with Crippen LogP contribution < -0.4 is 9.47 Å². The molecule has 3 heteroatoms. The highest BCUT2D eigenvalue weighted by atomic mass is 35.5. The second kappa shape index (κ2) is 6.89. The van der Waals surface area contributed by atoms with Crippen molar-refractivity contribution in [3.05, 3.63) is 23.8 Å². The van der Waals surface area contributed by atoms with Crippen molar-refractivity contribution >= 4 is 11.6 Å². The van der Waals surface area contributed by atoms with E-state index < -0.39 is 0 Å². The van der Waals surface area contributed by atoms with E-state index in [0.29, 0.717) is 12.5 Å². The van der Waals surface area contributed by atoms with Gasteiger partial charge in [0.1, 0.15) is 11.5 Å². The predicted octanol–water partition coefficient (Wildman–Crippen LogP) is 4.39. The zero-order chi connectivity index (χ0) is 13.6. The number of rotatable bonds is 6. The van der Waals surface area contributed by atoms with Crippen molar-refractivity contribution in [1.29, 1.82) is 0 Å². The Labute approximate surface area is 115 Å². The molecule has 102 valence electrons. The summed E-state index contributed by atoms with van der Waals surface area (Å²) in [6, 6.07) is 5.98. The fourth-order valence-electron chi connectivity index (χ4n) is 1.73. The Morgan fingerprint density at radius 3 is 2.44 bits per heavy atom. The molecular weight excluding hydrogens is 248 g/mol. The summed E-state index contributed by atoms with van der Waals surface area (Å²) >= 11 is 5.65. The van der Waals surface area contributed by atoms with Crippen LogP contribution in [0.15, 0.2) is 18.2 Å².